The molecule has 0 radical (unpaired) electrons. The van der Waals surface area contributed by atoms with Gasteiger partial charge in [0, 0.05) is 10.8 Å². The molecular weight excluding hydrogens is 725 g/mol. The highest BCUT2D eigenvalue weighted by atomic mass is 32.3. The Morgan fingerprint density at radius 2 is 0.913 bits per heavy atom. The van der Waals surface area contributed by atoms with Crippen LogP contribution >= 0.6 is 0 Å². The molecule has 1 N–H and O–H groups in total. The molecule has 0 amide bonds. The lowest BCUT2D eigenvalue weighted by atomic mass is 10.1. The van der Waals surface area contributed by atoms with Gasteiger partial charge in [0.1, 0.15) is 17.4 Å². The second-order valence-corrected chi connectivity index (χ2v) is 12.9. The third-order valence-corrected chi connectivity index (χ3v) is 8.39. The number of phenols is 1. The molecule has 0 aromatic heterocycles. The van der Waals surface area contributed by atoms with Crippen LogP contribution in [0.3, 0.4) is 0 Å². The molecule has 0 saturated carbocycles. The minimum Gasteiger partial charge on any atom is -0.507 e. The molecule has 46 heavy (non-hydrogen) atoms. The Kier molecular flexibility index (Phi) is 11.1. The van der Waals surface area contributed by atoms with Crippen molar-refractivity contribution in [3.05, 3.63) is 84.4 Å². The van der Waals surface area contributed by atoms with E-state index in [2.05, 4.69) is 4.18 Å². The number of hydrogen-bond acceptors (Lipinski definition) is 9. The van der Waals surface area contributed by atoms with Crippen molar-refractivity contribution in [3.63, 3.8) is 0 Å². The lowest BCUT2D eigenvalue weighted by Gasteiger charge is -2.11. The van der Waals surface area contributed by atoms with Crippen LogP contribution in [-0.4, -0.2) is 46.9 Å². The number of fused-ring (bicyclic) bond motifs is 2. The quantitative estimate of drug-likeness (QED) is 0.139. The Hall–Kier alpha value is -3.96. The fourth-order valence-corrected chi connectivity index (χ4v) is 4.91. The van der Waals surface area contributed by atoms with E-state index >= 15 is 0 Å². The van der Waals surface area contributed by atoms with Gasteiger partial charge in [-0.1, -0.05) is 36.4 Å². The highest BCUT2D eigenvalue weighted by molar-refractivity contribution is 8.00. The molecular formula is C23H13F11O9S3. The van der Waals surface area contributed by atoms with Gasteiger partial charge >= 0.3 is 46.9 Å². The van der Waals surface area contributed by atoms with E-state index < -0.39 is 58.4 Å². The van der Waals surface area contributed by atoms with E-state index in [0.717, 1.165) is 23.6 Å². The zero-order valence-corrected chi connectivity index (χ0v) is 24.0. The Morgan fingerprint density at radius 1 is 0.522 bits per heavy atom. The fourth-order valence-electron chi connectivity index (χ4n) is 2.88. The maximum atomic E-state index is 13.1. The first-order valence-electron chi connectivity index (χ1n) is 11.1. The molecule has 0 fully saturated rings. The predicted molar refractivity (Wildman–Crippen MR) is 136 cm³/mol. The van der Waals surface area contributed by atoms with E-state index in [-0.39, 0.29) is 17.0 Å². The molecule has 0 heterocycles. The molecule has 254 valence electrons. The molecule has 0 atom stereocenters. The van der Waals surface area contributed by atoms with Crippen LogP contribution in [0.25, 0.3) is 21.5 Å². The van der Waals surface area contributed by atoms with Crippen LogP contribution in [0.15, 0.2) is 72.8 Å². The van der Waals surface area contributed by atoms with Gasteiger partial charge in [-0.15, -0.1) is 3.63 Å². The van der Waals surface area contributed by atoms with Crippen LogP contribution in [0.2, 0.25) is 0 Å². The van der Waals surface area contributed by atoms with Gasteiger partial charge in [0.25, 0.3) is 0 Å². The molecule has 0 saturated heterocycles. The Labute approximate surface area is 250 Å². The summed E-state index contributed by atoms with van der Waals surface area (Å²) in [4.78, 5) is 0. The van der Waals surface area contributed by atoms with Crippen molar-refractivity contribution in [2.24, 2.45) is 0 Å². The van der Waals surface area contributed by atoms with Gasteiger partial charge in [0.2, 0.25) is 0 Å². The van der Waals surface area contributed by atoms with Crippen molar-refractivity contribution in [3.8, 4) is 11.5 Å². The molecule has 9 nitrogen and oxygen atoms in total. The van der Waals surface area contributed by atoms with Gasteiger partial charge in [-0.05, 0) is 47.2 Å². The number of hydrogen-bond donors (Lipinski definition) is 1. The molecule has 23 heteroatoms. The normalized spacial score (nSPS) is 12.9. The van der Waals surface area contributed by atoms with Crippen molar-refractivity contribution in [1.29, 1.82) is 0 Å². The Bertz CT molecular complexity index is 2000. The van der Waals surface area contributed by atoms with Gasteiger partial charge < -0.3 is 9.29 Å². The van der Waals surface area contributed by atoms with Crippen molar-refractivity contribution < 1.29 is 86.5 Å². The molecule has 0 spiro atoms. The summed E-state index contributed by atoms with van der Waals surface area (Å²) in [6.07, 6.45) is 0. The monoisotopic (exact) mass is 738 g/mol. The number of halogens is 11. The van der Waals surface area contributed by atoms with Gasteiger partial charge in [-0.3, -0.25) is 0 Å². The summed E-state index contributed by atoms with van der Waals surface area (Å²) in [5.41, 5.74) is -18.1. The van der Waals surface area contributed by atoms with Crippen LogP contribution in [0.5, 0.6) is 11.5 Å². The summed E-state index contributed by atoms with van der Waals surface area (Å²) in [6, 6.07) is 16.6. The highest BCUT2D eigenvalue weighted by Gasteiger charge is 2.57. The first-order valence-corrected chi connectivity index (χ1v) is 15.3. The smallest absolute Gasteiger partial charge is 0.507 e. The predicted octanol–water partition coefficient (Wildman–Crippen LogP) is 6.59. The molecule has 0 unspecified atom stereocenters. The van der Waals surface area contributed by atoms with E-state index in [1.54, 1.807) is 18.2 Å². The van der Waals surface area contributed by atoms with Crippen LogP contribution in [0.1, 0.15) is 0 Å². The molecule has 4 aromatic carbocycles. The van der Waals surface area contributed by atoms with E-state index in [4.69, 9.17) is 0 Å². The zero-order chi connectivity index (χ0) is 35.5. The standard InChI is InChI=1S/C11H6F4O3S.C10H7FO.C2F6O5S2/c12-8-5-4-7-2-1-3-10(9(7)6-8)18-19(16,17)11(13,14)15;11-8-5-4-7-2-1-3-10(12)9(7)6-8;3-1(4,5)14(9,10)13-15(11,12)2(6,7)8/h1-6H;1-6,12H;. The van der Waals surface area contributed by atoms with E-state index in [1.165, 1.54) is 30.3 Å². The fraction of sp³-hybridized carbons (Fsp3) is 0.130. The van der Waals surface area contributed by atoms with Gasteiger partial charge in [-0.2, -0.15) is 64.8 Å². The lowest BCUT2D eigenvalue weighted by molar-refractivity contribution is -0.0586. The van der Waals surface area contributed by atoms with Crippen molar-refractivity contribution in [1.82, 2.24) is 0 Å². The zero-order valence-electron chi connectivity index (χ0n) is 21.5. The van der Waals surface area contributed by atoms with Gasteiger partial charge in [0.05, 0.1) is 0 Å². The third kappa shape index (κ3) is 9.53. The topological polar surface area (TPSA) is 141 Å². The number of alkyl halides is 9. The van der Waals surface area contributed by atoms with Crippen LogP contribution in [-0.2, 0) is 34.0 Å². The molecule has 0 aliphatic rings. The highest BCUT2D eigenvalue weighted by Crippen LogP contribution is 2.33. The van der Waals surface area contributed by atoms with Crippen LogP contribution < -0.4 is 4.18 Å². The third-order valence-electron chi connectivity index (χ3n) is 4.85. The molecule has 0 aliphatic carbocycles. The summed E-state index contributed by atoms with van der Waals surface area (Å²) in [6.45, 7) is 0. The van der Waals surface area contributed by atoms with Gasteiger partial charge in [0.15, 0.2) is 5.75 Å². The summed E-state index contributed by atoms with van der Waals surface area (Å²) in [7, 11) is -19.5. The molecule has 4 aromatic rings. The second-order valence-electron chi connectivity index (χ2n) is 8.12. The average Bonchev–Trinajstić information content (AvgIpc) is 2.88. The Balaban J connectivity index is 0.000000247. The van der Waals surface area contributed by atoms with Crippen LogP contribution in [0, 0.1) is 11.6 Å². The summed E-state index contributed by atoms with van der Waals surface area (Å²) in [5, 5.41) is 11.0. The van der Waals surface area contributed by atoms with Crippen LogP contribution in [0.4, 0.5) is 48.3 Å². The van der Waals surface area contributed by atoms with E-state index in [1.807, 2.05) is 9.70 Å². The number of rotatable bonds is 4. The lowest BCUT2D eigenvalue weighted by Crippen LogP contribution is -2.34. The SMILES string of the molecule is O=S(=O)(OS(=O)(=O)C(F)(F)F)C(F)(F)F.O=S(=O)(Oc1cccc2ccc(F)cc12)C(F)(F)F.Oc1cccc2ccc(F)cc12. The number of phenolic OH excluding ortho intramolecular Hbond substituents is 1. The first-order chi connectivity index (χ1) is 20.7. The Morgan fingerprint density at radius 3 is 1.35 bits per heavy atom. The second kappa shape index (κ2) is 13.4. The van der Waals surface area contributed by atoms with Gasteiger partial charge in [-0.25, -0.2) is 8.78 Å². The minimum atomic E-state index is -6.85. The number of benzene rings is 4. The molecule has 4 rings (SSSR count). The minimum absolute atomic E-state index is 0.0599. The molecule has 0 aliphatic heterocycles. The maximum absolute atomic E-state index is 13.1. The molecule has 0 bridgehead atoms. The summed E-state index contributed by atoms with van der Waals surface area (Å²) in [5.74, 6) is -1.50. The van der Waals surface area contributed by atoms with E-state index in [0.29, 0.717) is 10.8 Å². The van der Waals surface area contributed by atoms with Crippen molar-refractivity contribution in [2.75, 3.05) is 0 Å². The first kappa shape index (κ1) is 38.2. The summed E-state index contributed by atoms with van der Waals surface area (Å²) >= 11 is 0. The van der Waals surface area contributed by atoms with Crippen molar-refractivity contribution in [2.45, 2.75) is 16.5 Å². The maximum Gasteiger partial charge on any atom is 0.534 e. The van der Waals surface area contributed by atoms with E-state index in [9.17, 15) is 78.7 Å². The number of aromatic hydroxyl groups is 1. The van der Waals surface area contributed by atoms with Crippen molar-refractivity contribution >= 4 is 51.9 Å². The summed E-state index contributed by atoms with van der Waals surface area (Å²) < 4.78 is 198. The largest absolute Gasteiger partial charge is 0.534 e. The average molecular weight is 739 g/mol.